The average Bonchev–Trinajstić information content (AvgIpc) is 2.45. The Morgan fingerprint density at radius 2 is 1.95 bits per heavy atom. The van der Waals surface area contributed by atoms with Gasteiger partial charge in [0, 0.05) is 15.7 Å². The van der Waals surface area contributed by atoms with E-state index in [4.69, 9.17) is 4.74 Å². The number of hydrogen-bond acceptors (Lipinski definition) is 2. The number of carbonyl (C=O) groups excluding carboxylic acids is 1. The van der Waals surface area contributed by atoms with Crippen LogP contribution in [-0.2, 0) is 6.54 Å². The number of ether oxygens (including phenoxy) is 1. The summed E-state index contributed by atoms with van der Waals surface area (Å²) in [7, 11) is 1.59. The third kappa shape index (κ3) is 3.96. The van der Waals surface area contributed by atoms with Crippen LogP contribution in [0.2, 0.25) is 0 Å². The highest BCUT2D eigenvalue weighted by Gasteiger charge is 2.08. The molecule has 0 radical (unpaired) electrons. The zero-order chi connectivity index (χ0) is 13.7. The number of methoxy groups -OCH3 is 1. The van der Waals surface area contributed by atoms with E-state index in [1.165, 1.54) is 0 Å². The van der Waals surface area contributed by atoms with Crippen LogP contribution in [0, 0.1) is 3.57 Å². The van der Waals surface area contributed by atoms with E-state index in [1.54, 1.807) is 13.2 Å². The normalized spacial score (nSPS) is 10.0. The Kier molecular flexibility index (Phi) is 4.79. The molecule has 0 fully saturated rings. The highest BCUT2D eigenvalue weighted by Crippen LogP contribution is 2.18. The lowest BCUT2D eigenvalue weighted by Crippen LogP contribution is -2.22. The first kappa shape index (κ1) is 13.9. The molecule has 0 spiro atoms. The highest BCUT2D eigenvalue weighted by atomic mass is 127. The Bertz CT molecular complexity index is 570. The van der Waals surface area contributed by atoms with E-state index in [9.17, 15) is 4.79 Å². The molecule has 2 aromatic carbocycles. The van der Waals surface area contributed by atoms with Crippen molar-refractivity contribution in [2.24, 2.45) is 0 Å². The van der Waals surface area contributed by atoms with Gasteiger partial charge in [0.15, 0.2) is 0 Å². The first-order chi connectivity index (χ1) is 9.19. The Morgan fingerprint density at radius 1 is 1.21 bits per heavy atom. The van der Waals surface area contributed by atoms with Gasteiger partial charge < -0.3 is 10.1 Å². The van der Waals surface area contributed by atoms with Crippen LogP contribution >= 0.6 is 22.6 Å². The van der Waals surface area contributed by atoms with Crippen LogP contribution in [0.3, 0.4) is 0 Å². The Labute approximate surface area is 126 Å². The van der Waals surface area contributed by atoms with E-state index >= 15 is 0 Å². The van der Waals surface area contributed by atoms with Crippen LogP contribution in [0.15, 0.2) is 48.5 Å². The molecule has 0 aliphatic heterocycles. The minimum absolute atomic E-state index is 0.0966. The van der Waals surface area contributed by atoms with Crippen molar-refractivity contribution in [3.8, 4) is 5.75 Å². The van der Waals surface area contributed by atoms with Gasteiger partial charge in [0.1, 0.15) is 5.75 Å². The van der Waals surface area contributed by atoms with Crippen LogP contribution in [0.5, 0.6) is 5.75 Å². The lowest BCUT2D eigenvalue weighted by atomic mass is 10.2. The third-order valence-electron chi connectivity index (χ3n) is 2.67. The van der Waals surface area contributed by atoms with Crippen LogP contribution in [0.25, 0.3) is 0 Å². The lowest BCUT2D eigenvalue weighted by molar-refractivity contribution is 0.0950. The summed E-state index contributed by atoms with van der Waals surface area (Å²) >= 11 is 2.17. The molecule has 0 saturated carbocycles. The second-order valence-corrected chi connectivity index (χ2v) is 5.29. The molecular weight excluding hydrogens is 353 g/mol. The van der Waals surface area contributed by atoms with Gasteiger partial charge in [-0.05, 0) is 46.4 Å². The van der Waals surface area contributed by atoms with Crippen molar-refractivity contribution in [1.29, 1.82) is 0 Å². The lowest BCUT2D eigenvalue weighted by Gasteiger charge is -2.07. The summed E-state index contributed by atoms with van der Waals surface area (Å²) in [4.78, 5) is 12.1. The zero-order valence-electron chi connectivity index (χ0n) is 10.5. The van der Waals surface area contributed by atoms with Gasteiger partial charge >= 0.3 is 0 Å². The molecule has 2 aromatic rings. The van der Waals surface area contributed by atoms with Crippen molar-refractivity contribution < 1.29 is 9.53 Å². The van der Waals surface area contributed by atoms with Crippen LogP contribution in [0.1, 0.15) is 15.9 Å². The number of benzene rings is 2. The summed E-state index contributed by atoms with van der Waals surface area (Å²) in [6.45, 7) is 0.521. The van der Waals surface area contributed by atoms with Gasteiger partial charge in [-0.1, -0.05) is 30.3 Å². The van der Waals surface area contributed by atoms with Crippen molar-refractivity contribution in [2.75, 3.05) is 7.11 Å². The van der Waals surface area contributed by atoms with E-state index in [0.29, 0.717) is 17.9 Å². The summed E-state index contributed by atoms with van der Waals surface area (Å²) in [5.41, 5.74) is 1.69. The molecule has 0 heterocycles. The van der Waals surface area contributed by atoms with E-state index < -0.39 is 0 Å². The first-order valence-electron chi connectivity index (χ1n) is 5.86. The van der Waals surface area contributed by atoms with Crippen LogP contribution < -0.4 is 10.1 Å². The largest absolute Gasteiger partial charge is 0.497 e. The van der Waals surface area contributed by atoms with E-state index in [-0.39, 0.29) is 5.91 Å². The van der Waals surface area contributed by atoms with Gasteiger partial charge in [-0.25, -0.2) is 0 Å². The summed E-state index contributed by atoms with van der Waals surface area (Å²) in [5.74, 6) is 0.595. The van der Waals surface area contributed by atoms with E-state index in [2.05, 4.69) is 27.9 Å². The third-order valence-corrected chi connectivity index (χ3v) is 3.29. The monoisotopic (exact) mass is 367 g/mol. The molecule has 3 nitrogen and oxygen atoms in total. The standard InChI is InChI=1S/C15H14INO2/c1-19-14-8-12(7-13(16)9-14)15(18)17-10-11-5-3-2-4-6-11/h2-9H,10H2,1H3,(H,17,18). The minimum Gasteiger partial charge on any atom is -0.497 e. The van der Waals surface area contributed by atoms with E-state index in [0.717, 1.165) is 9.13 Å². The molecule has 0 aliphatic carbocycles. The van der Waals surface area contributed by atoms with Crippen molar-refractivity contribution in [3.05, 3.63) is 63.2 Å². The van der Waals surface area contributed by atoms with Crippen molar-refractivity contribution in [2.45, 2.75) is 6.54 Å². The van der Waals surface area contributed by atoms with Gasteiger partial charge in [-0.2, -0.15) is 0 Å². The van der Waals surface area contributed by atoms with Gasteiger partial charge in [-0.3, -0.25) is 4.79 Å². The van der Waals surface area contributed by atoms with Gasteiger partial charge in [0.05, 0.1) is 7.11 Å². The fourth-order valence-corrected chi connectivity index (χ4v) is 2.33. The molecule has 0 aromatic heterocycles. The second-order valence-electron chi connectivity index (χ2n) is 4.05. The number of hydrogen-bond donors (Lipinski definition) is 1. The summed E-state index contributed by atoms with van der Waals surface area (Å²) in [6, 6.07) is 15.3. The minimum atomic E-state index is -0.0966. The SMILES string of the molecule is COc1cc(I)cc(C(=O)NCc2ccccc2)c1. The Balaban J connectivity index is 2.06. The van der Waals surface area contributed by atoms with Gasteiger partial charge in [0.25, 0.3) is 5.91 Å². The van der Waals surface area contributed by atoms with Crippen molar-refractivity contribution in [3.63, 3.8) is 0 Å². The zero-order valence-corrected chi connectivity index (χ0v) is 12.7. The van der Waals surface area contributed by atoms with Crippen molar-refractivity contribution in [1.82, 2.24) is 5.32 Å². The fraction of sp³-hybridized carbons (Fsp3) is 0.133. The maximum atomic E-state index is 12.1. The highest BCUT2D eigenvalue weighted by molar-refractivity contribution is 14.1. The molecule has 0 bridgehead atoms. The number of amides is 1. The maximum absolute atomic E-state index is 12.1. The first-order valence-corrected chi connectivity index (χ1v) is 6.93. The number of halogens is 1. The molecule has 1 N–H and O–H groups in total. The molecular formula is C15H14INO2. The summed E-state index contributed by atoms with van der Waals surface area (Å²) in [6.07, 6.45) is 0. The molecule has 0 aliphatic rings. The average molecular weight is 367 g/mol. The van der Waals surface area contributed by atoms with Crippen LogP contribution in [0.4, 0.5) is 0 Å². The molecule has 98 valence electrons. The number of nitrogens with one attached hydrogen (secondary N) is 1. The second kappa shape index (κ2) is 6.56. The van der Waals surface area contributed by atoms with Gasteiger partial charge in [0.2, 0.25) is 0 Å². The van der Waals surface area contributed by atoms with Crippen molar-refractivity contribution >= 4 is 28.5 Å². The maximum Gasteiger partial charge on any atom is 0.251 e. The molecule has 19 heavy (non-hydrogen) atoms. The molecule has 0 atom stereocenters. The number of rotatable bonds is 4. The topological polar surface area (TPSA) is 38.3 Å². The Morgan fingerprint density at radius 3 is 2.63 bits per heavy atom. The molecule has 4 heteroatoms. The van der Waals surface area contributed by atoms with E-state index in [1.807, 2.05) is 42.5 Å². The fourth-order valence-electron chi connectivity index (χ4n) is 1.69. The van der Waals surface area contributed by atoms with Gasteiger partial charge in [-0.15, -0.1) is 0 Å². The predicted octanol–water partition coefficient (Wildman–Crippen LogP) is 3.23. The molecule has 0 saturated heterocycles. The summed E-state index contributed by atoms with van der Waals surface area (Å²) in [5, 5.41) is 2.90. The smallest absolute Gasteiger partial charge is 0.251 e. The summed E-state index contributed by atoms with van der Waals surface area (Å²) < 4.78 is 6.14. The quantitative estimate of drug-likeness (QED) is 0.843. The van der Waals surface area contributed by atoms with Crippen LogP contribution in [-0.4, -0.2) is 13.0 Å². The molecule has 0 unspecified atom stereocenters. The molecule has 1 amide bonds. The number of carbonyl (C=O) groups is 1. The Hall–Kier alpha value is -1.56. The molecule has 2 rings (SSSR count). The predicted molar refractivity (Wildman–Crippen MR) is 83.3 cm³/mol.